The van der Waals surface area contributed by atoms with Crippen LogP contribution in [0.1, 0.15) is 22.3 Å². The average molecular weight is 378 g/mol. The molecular formula is C21H18N2O3S. The van der Waals surface area contributed by atoms with Gasteiger partial charge in [-0.15, -0.1) is 10.2 Å². The summed E-state index contributed by atoms with van der Waals surface area (Å²) in [5, 5.41) is 9.63. The van der Waals surface area contributed by atoms with Crippen LogP contribution in [-0.2, 0) is 5.75 Å². The van der Waals surface area contributed by atoms with Crippen molar-refractivity contribution in [2.45, 2.75) is 31.7 Å². The van der Waals surface area contributed by atoms with Crippen molar-refractivity contribution >= 4 is 22.7 Å². The fraction of sp³-hybridized carbons (Fsp3) is 0.190. The average Bonchev–Trinajstić information content (AvgIpc) is 3.13. The van der Waals surface area contributed by atoms with Crippen LogP contribution in [0.5, 0.6) is 0 Å². The largest absolute Gasteiger partial charge is 0.422 e. The monoisotopic (exact) mass is 378 g/mol. The Bertz CT molecular complexity index is 1180. The highest BCUT2D eigenvalue weighted by Crippen LogP contribution is 2.29. The fourth-order valence-electron chi connectivity index (χ4n) is 2.86. The van der Waals surface area contributed by atoms with Crippen LogP contribution in [0.25, 0.3) is 22.4 Å². The Morgan fingerprint density at radius 2 is 1.74 bits per heavy atom. The van der Waals surface area contributed by atoms with E-state index in [0.717, 1.165) is 27.6 Å². The fourth-order valence-corrected chi connectivity index (χ4v) is 3.62. The predicted octanol–water partition coefficient (Wildman–Crippen LogP) is 5.06. The second-order valence-corrected chi connectivity index (χ2v) is 7.43. The molecule has 0 saturated carbocycles. The maximum atomic E-state index is 12.0. The second-order valence-electron chi connectivity index (χ2n) is 6.50. The van der Waals surface area contributed by atoms with Crippen LogP contribution in [0, 0.1) is 20.8 Å². The Hall–Kier alpha value is -2.86. The molecule has 0 spiro atoms. The van der Waals surface area contributed by atoms with Crippen molar-refractivity contribution in [3.05, 3.63) is 75.1 Å². The van der Waals surface area contributed by atoms with E-state index in [-0.39, 0.29) is 5.63 Å². The maximum Gasteiger partial charge on any atom is 0.336 e. The van der Waals surface area contributed by atoms with Gasteiger partial charge in [0.15, 0.2) is 0 Å². The lowest BCUT2D eigenvalue weighted by atomic mass is 10.0. The minimum atomic E-state index is -0.349. The number of rotatable bonds is 4. The molecule has 0 aliphatic carbocycles. The van der Waals surface area contributed by atoms with Gasteiger partial charge in [0, 0.05) is 22.8 Å². The van der Waals surface area contributed by atoms with Crippen molar-refractivity contribution in [1.82, 2.24) is 10.2 Å². The van der Waals surface area contributed by atoms with Crippen molar-refractivity contribution in [1.29, 1.82) is 0 Å². The second kappa shape index (κ2) is 7.04. The number of hydrogen-bond acceptors (Lipinski definition) is 6. The highest BCUT2D eigenvalue weighted by Gasteiger charge is 2.13. The van der Waals surface area contributed by atoms with Crippen LogP contribution >= 0.6 is 11.8 Å². The Morgan fingerprint density at radius 3 is 2.52 bits per heavy atom. The first-order valence-electron chi connectivity index (χ1n) is 8.57. The van der Waals surface area contributed by atoms with E-state index in [9.17, 15) is 4.79 Å². The number of fused-ring (bicyclic) bond motifs is 1. The van der Waals surface area contributed by atoms with Gasteiger partial charge in [-0.3, -0.25) is 0 Å². The zero-order valence-electron chi connectivity index (χ0n) is 15.3. The molecule has 0 unspecified atom stereocenters. The molecule has 0 aliphatic rings. The number of thioether (sulfide) groups is 1. The summed E-state index contributed by atoms with van der Waals surface area (Å²) >= 11 is 1.40. The van der Waals surface area contributed by atoms with Gasteiger partial charge in [0.2, 0.25) is 5.89 Å². The van der Waals surface area contributed by atoms with Crippen molar-refractivity contribution in [2.75, 3.05) is 0 Å². The molecule has 4 aromatic rings. The molecule has 136 valence electrons. The zero-order chi connectivity index (χ0) is 19.0. The Labute approximate surface area is 160 Å². The predicted molar refractivity (Wildman–Crippen MR) is 106 cm³/mol. The molecule has 2 aromatic carbocycles. The lowest BCUT2D eigenvalue weighted by Crippen LogP contribution is -2.01. The van der Waals surface area contributed by atoms with Gasteiger partial charge >= 0.3 is 5.63 Å². The summed E-state index contributed by atoms with van der Waals surface area (Å²) in [7, 11) is 0. The smallest absolute Gasteiger partial charge is 0.336 e. The van der Waals surface area contributed by atoms with Crippen molar-refractivity contribution in [2.24, 2.45) is 0 Å². The van der Waals surface area contributed by atoms with E-state index in [4.69, 9.17) is 8.83 Å². The van der Waals surface area contributed by atoms with Gasteiger partial charge in [0.1, 0.15) is 5.58 Å². The van der Waals surface area contributed by atoms with Crippen LogP contribution in [0.4, 0.5) is 0 Å². The summed E-state index contributed by atoms with van der Waals surface area (Å²) in [6.45, 7) is 5.99. The summed E-state index contributed by atoms with van der Waals surface area (Å²) in [5.74, 6) is 1.03. The molecule has 0 radical (unpaired) electrons. The minimum Gasteiger partial charge on any atom is -0.422 e. The highest BCUT2D eigenvalue weighted by atomic mass is 32.2. The molecule has 0 fully saturated rings. The third-order valence-electron chi connectivity index (χ3n) is 4.57. The first-order chi connectivity index (χ1) is 13.0. The van der Waals surface area contributed by atoms with Crippen LogP contribution in [0.15, 0.2) is 61.3 Å². The number of hydrogen-bond donors (Lipinski definition) is 0. The Balaban J connectivity index is 1.60. The molecule has 4 rings (SSSR count). The first kappa shape index (κ1) is 17.5. The lowest BCUT2D eigenvalue weighted by Gasteiger charge is -2.07. The summed E-state index contributed by atoms with van der Waals surface area (Å²) in [6.07, 6.45) is 0. The van der Waals surface area contributed by atoms with Gasteiger partial charge < -0.3 is 8.83 Å². The molecule has 0 bridgehead atoms. The van der Waals surface area contributed by atoms with Crippen LogP contribution in [-0.4, -0.2) is 10.2 Å². The maximum absolute atomic E-state index is 12.0. The van der Waals surface area contributed by atoms with Crippen molar-refractivity contribution in [3.63, 3.8) is 0 Å². The van der Waals surface area contributed by atoms with E-state index >= 15 is 0 Å². The normalized spacial score (nSPS) is 11.2. The molecule has 0 atom stereocenters. The molecule has 27 heavy (non-hydrogen) atoms. The molecule has 0 saturated heterocycles. The Kier molecular flexibility index (Phi) is 4.58. The molecule has 0 aliphatic heterocycles. The standard InChI is InChI=1S/C21H18N2O3S/c1-12-4-7-15(8-5-12)20-22-23-21(26-20)27-11-16-10-18(24)25-19-14(3)13(2)6-9-17(16)19/h4-10H,11H2,1-3H3. The van der Waals surface area contributed by atoms with Crippen molar-refractivity contribution < 1.29 is 8.83 Å². The van der Waals surface area contributed by atoms with Crippen molar-refractivity contribution in [3.8, 4) is 11.5 Å². The van der Waals surface area contributed by atoms with E-state index in [1.54, 1.807) is 0 Å². The summed E-state index contributed by atoms with van der Waals surface area (Å²) in [6, 6.07) is 13.5. The summed E-state index contributed by atoms with van der Waals surface area (Å²) in [4.78, 5) is 12.0. The lowest BCUT2D eigenvalue weighted by molar-refractivity contribution is 0.466. The third kappa shape index (κ3) is 3.53. The first-order valence-corrected chi connectivity index (χ1v) is 9.56. The molecule has 6 heteroatoms. The summed E-state index contributed by atoms with van der Waals surface area (Å²) < 4.78 is 11.2. The zero-order valence-corrected chi connectivity index (χ0v) is 16.1. The molecule has 2 heterocycles. The third-order valence-corrected chi connectivity index (χ3v) is 5.44. The quantitative estimate of drug-likeness (QED) is 0.365. The van der Waals surface area contributed by atoms with Gasteiger partial charge in [-0.1, -0.05) is 41.6 Å². The Morgan fingerprint density at radius 1 is 0.963 bits per heavy atom. The molecule has 0 amide bonds. The van der Waals surface area contributed by atoms with E-state index in [0.29, 0.717) is 22.4 Å². The van der Waals surface area contributed by atoms with Gasteiger partial charge in [0.25, 0.3) is 5.22 Å². The van der Waals surface area contributed by atoms with E-state index in [2.05, 4.69) is 10.2 Å². The van der Waals surface area contributed by atoms with E-state index in [1.807, 2.05) is 57.2 Å². The van der Waals surface area contributed by atoms with Gasteiger partial charge in [-0.25, -0.2) is 4.79 Å². The number of aryl methyl sites for hydroxylation is 3. The van der Waals surface area contributed by atoms with Crippen LogP contribution in [0.2, 0.25) is 0 Å². The van der Waals surface area contributed by atoms with Gasteiger partial charge in [-0.2, -0.15) is 0 Å². The molecule has 2 aromatic heterocycles. The van der Waals surface area contributed by atoms with Crippen LogP contribution in [0.3, 0.4) is 0 Å². The summed E-state index contributed by atoms with van der Waals surface area (Å²) in [5.41, 5.74) is 5.32. The minimum absolute atomic E-state index is 0.349. The van der Waals surface area contributed by atoms with Gasteiger partial charge in [0.05, 0.1) is 0 Å². The molecule has 5 nitrogen and oxygen atoms in total. The number of benzene rings is 2. The topological polar surface area (TPSA) is 69.1 Å². The number of nitrogens with zero attached hydrogens (tertiary/aromatic N) is 2. The SMILES string of the molecule is Cc1ccc(-c2nnc(SCc3cc(=O)oc4c(C)c(C)ccc34)o2)cc1. The van der Waals surface area contributed by atoms with Gasteiger partial charge in [-0.05, 0) is 49.6 Å². The number of aromatic nitrogens is 2. The van der Waals surface area contributed by atoms with Crippen LogP contribution < -0.4 is 5.63 Å². The molecular weight excluding hydrogens is 360 g/mol. The van der Waals surface area contributed by atoms with E-state index in [1.165, 1.54) is 23.4 Å². The molecule has 0 N–H and O–H groups in total. The highest BCUT2D eigenvalue weighted by molar-refractivity contribution is 7.98. The van der Waals surface area contributed by atoms with E-state index < -0.39 is 0 Å².